The molecule has 0 fully saturated rings. The molecule has 28 heavy (non-hydrogen) atoms. The number of likely N-dealkylation sites (N-methyl/N-ethyl adjacent to an activating group) is 1. The third-order valence-corrected chi connectivity index (χ3v) is 4.94. The summed E-state index contributed by atoms with van der Waals surface area (Å²) in [4.78, 5) is 14.3. The zero-order chi connectivity index (χ0) is 19.9. The number of hydrogen-bond donors (Lipinski definition) is 2. The van der Waals surface area contributed by atoms with Crippen LogP contribution in [0.15, 0.2) is 42.5 Å². The summed E-state index contributed by atoms with van der Waals surface area (Å²) in [6, 6.07) is 14.3. The lowest BCUT2D eigenvalue weighted by Crippen LogP contribution is -2.45. The van der Waals surface area contributed by atoms with Crippen LogP contribution < -0.4 is 20.1 Å². The highest BCUT2D eigenvalue weighted by Crippen LogP contribution is 2.36. The van der Waals surface area contributed by atoms with Crippen molar-refractivity contribution >= 4 is 6.03 Å². The van der Waals surface area contributed by atoms with Gasteiger partial charge in [-0.15, -0.1) is 0 Å². The van der Waals surface area contributed by atoms with Gasteiger partial charge in [-0.2, -0.15) is 0 Å². The quantitative estimate of drug-likeness (QED) is 0.736. The molecule has 0 unspecified atom stereocenters. The van der Waals surface area contributed by atoms with E-state index in [-0.39, 0.29) is 18.9 Å². The average molecular weight is 383 g/mol. The molecule has 0 aromatic heterocycles. The Morgan fingerprint density at radius 1 is 1.14 bits per heavy atom. The molecular weight excluding hydrogens is 354 g/mol. The van der Waals surface area contributed by atoms with Crippen LogP contribution in [0, 0.1) is 6.92 Å². The van der Waals surface area contributed by atoms with Gasteiger partial charge in [-0.1, -0.05) is 42.0 Å². The van der Waals surface area contributed by atoms with E-state index in [9.17, 15) is 4.79 Å². The number of urea groups is 1. The maximum absolute atomic E-state index is 12.2. The van der Waals surface area contributed by atoms with E-state index in [2.05, 4.69) is 40.7 Å². The summed E-state index contributed by atoms with van der Waals surface area (Å²) in [5.41, 5.74) is 3.56. The summed E-state index contributed by atoms with van der Waals surface area (Å²) in [6.45, 7) is 3.50. The number of amides is 2. The van der Waals surface area contributed by atoms with Crippen LogP contribution in [0.3, 0.4) is 0 Å². The number of aryl methyl sites for hydroxylation is 1. The molecule has 0 radical (unpaired) electrons. The zero-order valence-electron chi connectivity index (χ0n) is 16.8. The van der Waals surface area contributed by atoms with Crippen molar-refractivity contribution in [3.8, 4) is 11.5 Å². The minimum absolute atomic E-state index is 0.141. The number of nitrogens with one attached hydrogen (secondary N) is 2. The van der Waals surface area contributed by atoms with Crippen LogP contribution in [0.5, 0.6) is 11.5 Å². The molecule has 0 saturated heterocycles. The highest BCUT2D eigenvalue weighted by atomic mass is 16.7. The Balaban J connectivity index is 1.47. The standard InChI is InChI=1S/C22H29N3O3/c1-16-6-4-7-17(12-16)10-11-23-22(26)24-14-19(25(2)3)13-18-8-5-9-20-21(18)28-15-27-20/h4-9,12,19H,10-11,13-15H2,1-3H3,(H2,23,24,26)/t19-/m0/s1. The summed E-state index contributed by atoms with van der Waals surface area (Å²) in [5.74, 6) is 1.61. The molecule has 6 heteroatoms. The zero-order valence-corrected chi connectivity index (χ0v) is 16.8. The van der Waals surface area contributed by atoms with Gasteiger partial charge in [0.05, 0.1) is 0 Å². The Morgan fingerprint density at radius 2 is 1.96 bits per heavy atom. The van der Waals surface area contributed by atoms with E-state index >= 15 is 0 Å². The number of carbonyl (C=O) groups is 1. The lowest BCUT2D eigenvalue weighted by atomic mass is 10.0. The van der Waals surface area contributed by atoms with Gasteiger partial charge in [-0.25, -0.2) is 4.79 Å². The predicted molar refractivity (Wildman–Crippen MR) is 110 cm³/mol. The first-order chi connectivity index (χ1) is 13.5. The summed E-state index contributed by atoms with van der Waals surface area (Å²) in [5, 5.41) is 5.92. The van der Waals surface area contributed by atoms with Crippen molar-refractivity contribution in [2.75, 3.05) is 34.0 Å². The Hall–Kier alpha value is -2.73. The van der Waals surface area contributed by atoms with Gasteiger partial charge < -0.3 is 25.0 Å². The second-order valence-corrected chi connectivity index (χ2v) is 7.35. The van der Waals surface area contributed by atoms with Gasteiger partial charge >= 0.3 is 6.03 Å². The molecule has 1 heterocycles. The molecule has 0 saturated carbocycles. The molecule has 1 aliphatic rings. The fourth-order valence-electron chi connectivity index (χ4n) is 3.30. The number of ether oxygens (including phenoxy) is 2. The number of hydrogen-bond acceptors (Lipinski definition) is 4. The smallest absolute Gasteiger partial charge is 0.314 e. The summed E-state index contributed by atoms with van der Waals surface area (Å²) < 4.78 is 11.1. The number of carbonyl (C=O) groups excluding carboxylic acids is 1. The molecule has 0 aliphatic carbocycles. The van der Waals surface area contributed by atoms with Crippen molar-refractivity contribution in [3.05, 3.63) is 59.2 Å². The Kier molecular flexibility index (Phi) is 6.76. The normalized spacial score (nSPS) is 13.4. The second kappa shape index (κ2) is 9.46. The van der Waals surface area contributed by atoms with E-state index in [1.54, 1.807) is 0 Å². The van der Waals surface area contributed by atoms with Crippen LogP contribution in [0.4, 0.5) is 4.79 Å². The SMILES string of the molecule is Cc1cccc(CCNC(=O)NC[C@H](Cc2cccc3c2OCO3)N(C)C)c1. The van der Waals surface area contributed by atoms with E-state index in [1.165, 1.54) is 11.1 Å². The molecule has 1 aliphatic heterocycles. The van der Waals surface area contributed by atoms with Gasteiger partial charge in [0, 0.05) is 19.1 Å². The van der Waals surface area contributed by atoms with E-state index in [4.69, 9.17) is 9.47 Å². The predicted octanol–water partition coefficient (Wildman–Crippen LogP) is 2.74. The fourth-order valence-corrected chi connectivity index (χ4v) is 3.30. The first kappa shape index (κ1) is 20.0. The van der Waals surface area contributed by atoms with Gasteiger partial charge in [0.15, 0.2) is 11.5 Å². The maximum atomic E-state index is 12.2. The van der Waals surface area contributed by atoms with Crippen LogP contribution in [0.25, 0.3) is 0 Å². The molecule has 0 spiro atoms. The van der Waals surface area contributed by atoms with E-state index in [0.717, 1.165) is 29.9 Å². The van der Waals surface area contributed by atoms with Gasteiger partial charge in [0.2, 0.25) is 6.79 Å². The molecule has 0 bridgehead atoms. The molecule has 3 rings (SSSR count). The molecule has 2 amide bonds. The fraction of sp³-hybridized carbons (Fsp3) is 0.409. The maximum Gasteiger partial charge on any atom is 0.314 e. The lowest BCUT2D eigenvalue weighted by Gasteiger charge is -2.25. The van der Waals surface area contributed by atoms with Crippen LogP contribution in [0.2, 0.25) is 0 Å². The number of rotatable bonds is 8. The minimum atomic E-state index is -0.141. The number of fused-ring (bicyclic) bond motifs is 1. The Bertz CT molecular complexity index is 807. The van der Waals surface area contributed by atoms with Crippen molar-refractivity contribution in [3.63, 3.8) is 0 Å². The first-order valence-corrected chi connectivity index (χ1v) is 9.64. The number of benzene rings is 2. The van der Waals surface area contributed by atoms with E-state index in [0.29, 0.717) is 13.1 Å². The van der Waals surface area contributed by atoms with Crippen molar-refractivity contribution in [1.82, 2.24) is 15.5 Å². The van der Waals surface area contributed by atoms with Gasteiger partial charge in [-0.3, -0.25) is 0 Å². The summed E-state index contributed by atoms with van der Waals surface area (Å²) >= 11 is 0. The molecule has 2 aromatic rings. The number of para-hydroxylation sites is 1. The van der Waals surface area contributed by atoms with Crippen LogP contribution in [-0.2, 0) is 12.8 Å². The highest BCUT2D eigenvalue weighted by molar-refractivity contribution is 5.73. The van der Waals surface area contributed by atoms with Crippen LogP contribution >= 0.6 is 0 Å². The largest absolute Gasteiger partial charge is 0.454 e. The third-order valence-electron chi connectivity index (χ3n) is 4.94. The molecule has 150 valence electrons. The minimum Gasteiger partial charge on any atom is -0.454 e. The van der Waals surface area contributed by atoms with Crippen molar-refractivity contribution in [2.24, 2.45) is 0 Å². The topological polar surface area (TPSA) is 62.8 Å². The molecule has 6 nitrogen and oxygen atoms in total. The van der Waals surface area contributed by atoms with Gasteiger partial charge in [0.25, 0.3) is 0 Å². The number of nitrogens with zero attached hydrogens (tertiary/aromatic N) is 1. The van der Waals surface area contributed by atoms with Crippen molar-refractivity contribution < 1.29 is 14.3 Å². The summed E-state index contributed by atoms with van der Waals surface area (Å²) in [6.07, 6.45) is 1.59. The molecular formula is C22H29N3O3. The van der Waals surface area contributed by atoms with Crippen molar-refractivity contribution in [1.29, 1.82) is 0 Å². The van der Waals surface area contributed by atoms with Gasteiger partial charge in [-0.05, 0) is 51.1 Å². The average Bonchev–Trinajstić information content (AvgIpc) is 3.14. The Morgan fingerprint density at radius 3 is 2.75 bits per heavy atom. The van der Waals surface area contributed by atoms with Crippen molar-refractivity contribution in [2.45, 2.75) is 25.8 Å². The highest BCUT2D eigenvalue weighted by Gasteiger charge is 2.21. The first-order valence-electron chi connectivity index (χ1n) is 9.64. The summed E-state index contributed by atoms with van der Waals surface area (Å²) in [7, 11) is 4.03. The van der Waals surface area contributed by atoms with Gasteiger partial charge in [0.1, 0.15) is 0 Å². The lowest BCUT2D eigenvalue weighted by molar-refractivity contribution is 0.172. The molecule has 1 atom stereocenters. The Labute approximate surface area is 166 Å². The third kappa shape index (κ3) is 5.39. The molecule has 2 aromatic carbocycles. The van der Waals surface area contributed by atoms with E-state index < -0.39 is 0 Å². The second-order valence-electron chi connectivity index (χ2n) is 7.35. The molecule has 2 N–H and O–H groups in total. The van der Waals surface area contributed by atoms with E-state index in [1.807, 2.05) is 38.4 Å². The monoisotopic (exact) mass is 383 g/mol. The van der Waals surface area contributed by atoms with Crippen LogP contribution in [0.1, 0.15) is 16.7 Å². The van der Waals surface area contributed by atoms with Crippen LogP contribution in [-0.4, -0.2) is 51.0 Å².